The van der Waals surface area contributed by atoms with E-state index in [1.54, 1.807) is 24.3 Å². The van der Waals surface area contributed by atoms with Gasteiger partial charge < -0.3 is 9.80 Å². The molecule has 3 heterocycles. The zero-order chi connectivity index (χ0) is 17.3. The lowest BCUT2D eigenvalue weighted by Crippen LogP contribution is -2.38. The van der Waals surface area contributed by atoms with Gasteiger partial charge in [-0.25, -0.2) is 8.42 Å². The second kappa shape index (κ2) is 6.70. The van der Waals surface area contributed by atoms with Crippen LogP contribution in [0.1, 0.15) is 36.5 Å². The molecular weight excluding hydrogens is 326 g/mol. The Bertz CT molecular complexity index is 720. The molecule has 0 bridgehead atoms. The predicted molar refractivity (Wildman–Crippen MR) is 94.0 cm³/mol. The van der Waals surface area contributed by atoms with Crippen molar-refractivity contribution >= 4 is 21.4 Å². The molecule has 2 atom stereocenters. The van der Waals surface area contributed by atoms with E-state index >= 15 is 0 Å². The fourth-order valence-corrected chi connectivity index (χ4v) is 5.37. The average Bonchev–Trinajstić information content (AvgIpc) is 2.93. The number of carbonyl (C=O) groups is 1. The second-order valence-electron chi connectivity index (χ2n) is 7.10. The minimum absolute atomic E-state index is 0.0615. The van der Waals surface area contributed by atoms with Crippen molar-refractivity contribution in [3.63, 3.8) is 0 Å². The maximum atomic E-state index is 12.7. The molecule has 0 radical (unpaired) electrons. The summed E-state index contributed by atoms with van der Waals surface area (Å²) in [7, 11) is -1.32. The van der Waals surface area contributed by atoms with E-state index < -0.39 is 9.84 Å². The van der Waals surface area contributed by atoms with Crippen molar-refractivity contribution < 1.29 is 13.2 Å². The van der Waals surface area contributed by atoms with Crippen LogP contribution in [0, 0.1) is 5.92 Å². The van der Waals surface area contributed by atoms with Crippen LogP contribution in [0.15, 0.2) is 18.5 Å². The largest absolute Gasteiger partial charge is 0.370 e. The van der Waals surface area contributed by atoms with Crippen LogP contribution < -0.4 is 4.90 Å². The summed E-state index contributed by atoms with van der Waals surface area (Å²) < 4.78 is 23.3. The Balaban J connectivity index is 1.74. The Morgan fingerprint density at radius 1 is 1.33 bits per heavy atom. The maximum absolute atomic E-state index is 12.7. The third kappa shape index (κ3) is 3.71. The van der Waals surface area contributed by atoms with E-state index in [1.165, 1.54) is 6.42 Å². The first-order chi connectivity index (χ1) is 11.4. The Labute approximate surface area is 143 Å². The zero-order valence-corrected chi connectivity index (χ0v) is 15.1. The lowest BCUT2D eigenvalue weighted by atomic mass is 10.00. The van der Waals surface area contributed by atoms with Crippen molar-refractivity contribution in [1.29, 1.82) is 0 Å². The third-order valence-corrected chi connectivity index (χ3v) is 6.82. The van der Waals surface area contributed by atoms with Crippen molar-refractivity contribution in [2.24, 2.45) is 5.92 Å². The van der Waals surface area contributed by atoms with Crippen molar-refractivity contribution in [3.8, 4) is 0 Å². The van der Waals surface area contributed by atoms with Gasteiger partial charge >= 0.3 is 0 Å². The van der Waals surface area contributed by atoms with Gasteiger partial charge in [0.1, 0.15) is 0 Å². The van der Waals surface area contributed by atoms with Crippen molar-refractivity contribution in [2.45, 2.75) is 32.2 Å². The van der Waals surface area contributed by atoms with Gasteiger partial charge in [0.2, 0.25) is 0 Å². The molecular formula is C17H25N3O3S. The first-order valence-corrected chi connectivity index (χ1v) is 10.4. The van der Waals surface area contributed by atoms with Gasteiger partial charge in [-0.1, -0.05) is 6.92 Å². The molecule has 2 aliphatic rings. The van der Waals surface area contributed by atoms with Crippen LogP contribution in [0.2, 0.25) is 0 Å². The van der Waals surface area contributed by atoms with Crippen LogP contribution in [0.4, 0.5) is 5.69 Å². The van der Waals surface area contributed by atoms with E-state index in [2.05, 4.69) is 16.8 Å². The Morgan fingerprint density at radius 3 is 2.79 bits per heavy atom. The summed E-state index contributed by atoms with van der Waals surface area (Å²) in [5, 5.41) is 0. The van der Waals surface area contributed by atoms with Gasteiger partial charge in [0.15, 0.2) is 9.84 Å². The molecule has 0 aliphatic carbocycles. The van der Waals surface area contributed by atoms with Gasteiger partial charge in [0.25, 0.3) is 5.91 Å². The number of sulfone groups is 1. The molecule has 0 aromatic carbocycles. The molecule has 0 saturated carbocycles. The summed E-state index contributed by atoms with van der Waals surface area (Å²) in [6.07, 6.45) is 6.27. The number of amides is 1. The van der Waals surface area contributed by atoms with E-state index in [4.69, 9.17) is 0 Å². The lowest BCUT2D eigenvalue weighted by Gasteiger charge is -2.32. The summed E-state index contributed by atoms with van der Waals surface area (Å²) in [5.41, 5.74) is 1.50. The van der Waals surface area contributed by atoms with Gasteiger partial charge in [0.05, 0.1) is 29.0 Å². The Hall–Kier alpha value is -1.63. The van der Waals surface area contributed by atoms with Gasteiger partial charge in [0, 0.05) is 32.4 Å². The highest BCUT2D eigenvalue weighted by molar-refractivity contribution is 7.91. The summed E-state index contributed by atoms with van der Waals surface area (Å²) in [6, 6.07) is 1.65. The maximum Gasteiger partial charge on any atom is 0.255 e. The van der Waals surface area contributed by atoms with Crippen molar-refractivity contribution in [3.05, 3.63) is 24.0 Å². The fourth-order valence-electron chi connectivity index (χ4n) is 3.59. The van der Waals surface area contributed by atoms with E-state index in [9.17, 15) is 13.2 Å². The van der Waals surface area contributed by atoms with Gasteiger partial charge in [-0.2, -0.15) is 0 Å². The fraction of sp³-hybridized carbons (Fsp3) is 0.647. The smallest absolute Gasteiger partial charge is 0.255 e. The van der Waals surface area contributed by atoms with Crippen LogP contribution in [-0.4, -0.2) is 61.9 Å². The molecule has 2 unspecified atom stereocenters. The lowest BCUT2D eigenvalue weighted by molar-refractivity contribution is 0.0747. The Morgan fingerprint density at radius 2 is 2.12 bits per heavy atom. The van der Waals surface area contributed by atoms with Crippen LogP contribution in [0.5, 0.6) is 0 Å². The highest BCUT2D eigenvalue weighted by Crippen LogP contribution is 2.24. The molecule has 132 valence electrons. The highest BCUT2D eigenvalue weighted by atomic mass is 32.2. The van der Waals surface area contributed by atoms with Crippen LogP contribution in [0.3, 0.4) is 0 Å². The quantitative estimate of drug-likeness (QED) is 0.827. The highest BCUT2D eigenvalue weighted by Gasteiger charge is 2.33. The summed E-state index contributed by atoms with van der Waals surface area (Å²) >= 11 is 0. The number of rotatable bonds is 3. The molecule has 2 aliphatic heterocycles. The summed E-state index contributed by atoms with van der Waals surface area (Å²) in [4.78, 5) is 20.8. The molecule has 1 aromatic rings. The minimum atomic E-state index is -3.01. The molecule has 1 aromatic heterocycles. The SMILES string of the molecule is CC1CCCN(c2cncc(C(=O)N(C)C3CCS(=O)(=O)C3)c2)C1. The monoisotopic (exact) mass is 351 g/mol. The van der Waals surface area contributed by atoms with E-state index in [-0.39, 0.29) is 23.5 Å². The summed E-state index contributed by atoms with van der Waals surface area (Å²) in [5.74, 6) is 0.714. The molecule has 0 spiro atoms. The van der Waals surface area contributed by atoms with Crippen molar-refractivity contribution in [2.75, 3.05) is 36.5 Å². The molecule has 3 rings (SSSR count). The topological polar surface area (TPSA) is 70.6 Å². The standard InChI is InChI=1S/C17H25N3O3S/c1-13-4-3-6-20(11-13)16-8-14(9-18-10-16)17(21)19(2)15-5-7-24(22,23)12-15/h8-10,13,15H,3-7,11-12H2,1-2H3. The van der Waals surface area contributed by atoms with Crippen LogP contribution in [0.25, 0.3) is 0 Å². The zero-order valence-electron chi connectivity index (χ0n) is 14.3. The van der Waals surface area contributed by atoms with Gasteiger partial charge in [-0.05, 0) is 31.2 Å². The van der Waals surface area contributed by atoms with Crippen LogP contribution in [-0.2, 0) is 9.84 Å². The van der Waals surface area contributed by atoms with Crippen LogP contribution >= 0.6 is 0 Å². The average molecular weight is 351 g/mol. The molecule has 2 saturated heterocycles. The number of pyridine rings is 1. The number of anilines is 1. The predicted octanol–water partition coefficient (Wildman–Crippen LogP) is 1.58. The Kier molecular flexibility index (Phi) is 4.80. The number of nitrogens with zero attached hydrogens (tertiary/aromatic N) is 3. The minimum Gasteiger partial charge on any atom is -0.370 e. The first-order valence-electron chi connectivity index (χ1n) is 8.53. The summed E-state index contributed by atoms with van der Waals surface area (Å²) in [6.45, 7) is 4.21. The van der Waals surface area contributed by atoms with E-state index in [1.807, 2.05) is 6.07 Å². The number of aromatic nitrogens is 1. The van der Waals surface area contributed by atoms with Crippen molar-refractivity contribution in [1.82, 2.24) is 9.88 Å². The molecule has 24 heavy (non-hydrogen) atoms. The molecule has 2 fully saturated rings. The number of carbonyl (C=O) groups excluding carboxylic acids is 1. The molecule has 0 N–H and O–H groups in total. The first kappa shape index (κ1) is 17.2. The second-order valence-corrected chi connectivity index (χ2v) is 9.33. The number of hydrogen-bond acceptors (Lipinski definition) is 5. The normalized spacial score (nSPS) is 26.3. The van der Waals surface area contributed by atoms with E-state index in [0.717, 1.165) is 25.2 Å². The molecule has 6 nitrogen and oxygen atoms in total. The molecule has 7 heteroatoms. The third-order valence-electron chi connectivity index (χ3n) is 5.07. The number of hydrogen-bond donors (Lipinski definition) is 0. The van der Waals surface area contributed by atoms with Gasteiger partial charge in [-0.15, -0.1) is 0 Å². The molecule has 1 amide bonds. The van der Waals surface area contributed by atoms with E-state index in [0.29, 0.717) is 17.9 Å². The number of piperidine rings is 1. The van der Waals surface area contributed by atoms with Gasteiger partial charge in [-0.3, -0.25) is 9.78 Å².